The van der Waals surface area contributed by atoms with E-state index in [4.69, 9.17) is 12.2 Å². The van der Waals surface area contributed by atoms with E-state index in [2.05, 4.69) is 23.0 Å². The summed E-state index contributed by atoms with van der Waals surface area (Å²) in [7, 11) is 0. The van der Waals surface area contributed by atoms with E-state index in [1.807, 2.05) is 23.0 Å². The summed E-state index contributed by atoms with van der Waals surface area (Å²) in [5.74, 6) is 0. The monoisotopic (exact) mass is 222 g/mol. The molecule has 0 unspecified atom stereocenters. The largest absolute Gasteiger partial charge is 0.337 e. The summed E-state index contributed by atoms with van der Waals surface area (Å²) in [6.45, 7) is 4.80. The lowest BCUT2D eigenvalue weighted by Crippen LogP contribution is -1.97. The van der Waals surface area contributed by atoms with Crippen LogP contribution in [0.1, 0.15) is 4.88 Å². The van der Waals surface area contributed by atoms with Crippen molar-refractivity contribution in [3.63, 3.8) is 0 Å². The Morgan fingerprint density at radius 3 is 3.07 bits per heavy atom. The van der Waals surface area contributed by atoms with Crippen LogP contribution in [0.5, 0.6) is 0 Å². The van der Waals surface area contributed by atoms with Crippen LogP contribution in [0.3, 0.4) is 0 Å². The second-order valence-corrected chi connectivity index (χ2v) is 4.31. The second kappa shape index (κ2) is 3.94. The summed E-state index contributed by atoms with van der Waals surface area (Å²) in [6.07, 6.45) is 3.77. The molecule has 0 aliphatic rings. The van der Waals surface area contributed by atoms with Gasteiger partial charge in [-0.3, -0.25) is 0 Å². The average molecular weight is 222 g/mol. The van der Waals surface area contributed by atoms with Crippen molar-refractivity contribution >= 4 is 29.1 Å². The van der Waals surface area contributed by atoms with Gasteiger partial charge in [-0.25, -0.2) is 0 Å². The Hall–Kier alpha value is -1.13. The third kappa shape index (κ3) is 1.86. The van der Waals surface area contributed by atoms with E-state index < -0.39 is 0 Å². The zero-order valence-electron chi connectivity index (χ0n) is 7.56. The van der Waals surface area contributed by atoms with Crippen molar-refractivity contribution in [2.75, 3.05) is 0 Å². The van der Waals surface area contributed by atoms with Crippen LogP contribution in [-0.4, -0.2) is 9.55 Å². The van der Waals surface area contributed by atoms with E-state index in [0.29, 0.717) is 0 Å². The summed E-state index contributed by atoms with van der Waals surface area (Å²) >= 11 is 6.80. The highest BCUT2D eigenvalue weighted by atomic mass is 32.1. The molecule has 2 nitrogen and oxygen atoms in total. The molecule has 2 aromatic rings. The van der Waals surface area contributed by atoms with Gasteiger partial charge in [0.05, 0.1) is 6.54 Å². The molecule has 14 heavy (non-hydrogen) atoms. The van der Waals surface area contributed by atoms with Crippen molar-refractivity contribution in [3.05, 3.63) is 46.1 Å². The van der Waals surface area contributed by atoms with Crippen LogP contribution in [0, 0.1) is 4.77 Å². The molecule has 72 valence electrons. The normalized spacial score (nSPS) is 10.3. The first kappa shape index (κ1) is 9.43. The molecule has 0 atom stereocenters. The van der Waals surface area contributed by atoms with Crippen LogP contribution < -0.4 is 0 Å². The predicted molar refractivity (Wildman–Crippen MR) is 63.0 cm³/mol. The van der Waals surface area contributed by atoms with Crippen LogP contribution in [-0.2, 0) is 6.54 Å². The van der Waals surface area contributed by atoms with Gasteiger partial charge in [-0.05, 0) is 29.2 Å². The molecule has 0 aliphatic heterocycles. The number of hydrogen-bond donors (Lipinski definition) is 1. The number of hydrogen-bond acceptors (Lipinski definition) is 2. The van der Waals surface area contributed by atoms with Gasteiger partial charge >= 0.3 is 0 Å². The molecular weight excluding hydrogens is 212 g/mol. The molecule has 0 fully saturated rings. The first-order valence-electron chi connectivity index (χ1n) is 4.23. The van der Waals surface area contributed by atoms with Crippen molar-refractivity contribution < 1.29 is 0 Å². The molecule has 0 spiro atoms. The van der Waals surface area contributed by atoms with Gasteiger partial charge in [0.1, 0.15) is 0 Å². The molecule has 0 amide bonds. The lowest BCUT2D eigenvalue weighted by Gasteiger charge is -2.03. The number of H-pyrrole nitrogens is 1. The van der Waals surface area contributed by atoms with Gasteiger partial charge in [0, 0.05) is 17.3 Å². The number of nitrogens with zero attached hydrogens (tertiary/aromatic N) is 1. The quantitative estimate of drug-likeness (QED) is 0.790. The number of thiophene rings is 1. The second-order valence-electron chi connectivity index (χ2n) is 2.97. The highest BCUT2D eigenvalue weighted by Crippen LogP contribution is 2.19. The van der Waals surface area contributed by atoms with E-state index in [0.717, 1.165) is 16.9 Å². The van der Waals surface area contributed by atoms with Gasteiger partial charge in [0.15, 0.2) is 4.77 Å². The fourth-order valence-corrected chi connectivity index (χ4v) is 2.12. The first-order valence-corrected chi connectivity index (χ1v) is 5.51. The molecule has 0 saturated heterocycles. The summed E-state index contributed by atoms with van der Waals surface area (Å²) < 4.78 is 2.71. The maximum absolute atomic E-state index is 5.10. The molecule has 2 aromatic heterocycles. The first-order chi connectivity index (χ1) is 6.77. The zero-order chi connectivity index (χ0) is 9.97. The maximum Gasteiger partial charge on any atom is 0.177 e. The number of aromatic nitrogens is 2. The van der Waals surface area contributed by atoms with Crippen molar-refractivity contribution in [3.8, 4) is 0 Å². The van der Waals surface area contributed by atoms with Gasteiger partial charge in [-0.2, -0.15) is 0 Å². The fraction of sp³-hybridized carbons (Fsp3) is 0.100. The van der Waals surface area contributed by atoms with Crippen molar-refractivity contribution in [2.24, 2.45) is 0 Å². The number of rotatable bonds is 3. The van der Waals surface area contributed by atoms with E-state index in [-0.39, 0.29) is 0 Å². The zero-order valence-corrected chi connectivity index (χ0v) is 9.20. The third-order valence-electron chi connectivity index (χ3n) is 1.95. The van der Waals surface area contributed by atoms with Crippen LogP contribution in [0.15, 0.2) is 36.5 Å². The number of aromatic amines is 1. The Kier molecular flexibility index (Phi) is 2.65. The molecule has 2 heterocycles. The smallest absolute Gasteiger partial charge is 0.177 e. The van der Waals surface area contributed by atoms with E-state index >= 15 is 0 Å². The Morgan fingerprint density at radius 2 is 2.50 bits per heavy atom. The van der Waals surface area contributed by atoms with Crippen molar-refractivity contribution in [1.29, 1.82) is 0 Å². The van der Waals surface area contributed by atoms with E-state index in [9.17, 15) is 0 Å². The minimum absolute atomic E-state index is 0.739. The average Bonchev–Trinajstić information content (AvgIpc) is 2.77. The van der Waals surface area contributed by atoms with E-state index in [1.54, 1.807) is 11.3 Å². The Labute approximate surface area is 91.5 Å². The summed E-state index contributed by atoms with van der Waals surface area (Å²) in [4.78, 5) is 4.18. The Balaban J connectivity index is 2.17. The fourth-order valence-electron chi connectivity index (χ4n) is 1.24. The van der Waals surface area contributed by atoms with Crippen LogP contribution >= 0.6 is 23.6 Å². The van der Waals surface area contributed by atoms with Gasteiger partial charge in [0.25, 0.3) is 0 Å². The van der Waals surface area contributed by atoms with Crippen molar-refractivity contribution in [1.82, 2.24) is 9.55 Å². The Morgan fingerprint density at radius 1 is 1.64 bits per heavy atom. The maximum atomic E-state index is 5.10. The molecule has 0 radical (unpaired) electrons. The molecule has 2 rings (SSSR count). The lowest BCUT2D eigenvalue weighted by atomic mass is 10.2. The molecule has 4 heteroatoms. The third-order valence-corrected chi connectivity index (χ3v) is 3.28. The summed E-state index contributed by atoms with van der Waals surface area (Å²) in [5, 5.41) is 2.05. The minimum Gasteiger partial charge on any atom is -0.337 e. The van der Waals surface area contributed by atoms with Crippen molar-refractivity contribution in [2.45, 2.75) is 6.54 Å². The lowest BCUT2D eigenvalue weighted by molar-refractivity contribution is 0.822. The van der Waals surface area contributed by atoms with Crippen LogP contribution in [0.4, 0.5) is 0 Å². The minimum atomic E-state index is 0.739. The molecule has 0 bridgehead atoms. The molecule has 1 N–H and O–H groups in total. The number of imidazole rings is 1. The molecule has 0 aliphatic carbocycles. The van der Waals surface area contributed by atoms with Gasteiger partial charge in [-0.15, -0.1) is 11.3 Å². The topological polar surface area (TPSA) is 20.7 Å². The molecular formula is C10H10N2S2. The summed E-state index contributed by atoms with van der Waals surface area (Å²) in [5.41, 5.74) is 1.09. The Bertz CT molecular complexity index is 476. The standard InChI is InChI=1S/C10H10N2S2/c1-8(9-3-2-6-14-9)7-12-5-4-11-10(12)13/h2-6H,1,7H2,(H,11,13). The summed E-state index contributed by atoms with van der Waals surface area (Å²) in [6, 6.07) is 4.10. The van der Waals surface area contributed by atoms with Gasteiger partial charge in [-0.1, -0.05) is 12.6 Å². The SMILES string of the molecule is C=C(Cn1cc[nH]c1=S)c1cccs1. The molecule has 0 aromatic carbocycles. The predicted octanol–water partition coefficient (Wildman–Crippen LogP) is 3.32. The van der Waals surface area contributed by atoms with Gasteiger partial charge < -0.3 is 9.55 Å². The van der Waals surface area contributed by atoms with Crippen LogP contribution in [0.2, 0.25) is 0 Å². The highest BCUT2D eigenvalue weighted by Gasteiger charge is 2.01. The molecule has 0 saturated carbocycles. The highest BCUT2D eigenvalue weighted by molar-refractivity contribution is 7.71. The van der Waals surface area contributed by atoms with E-state index in [1.165, 1.54) is 4.88 Å². The number of allylic oxidation sites excluding steroid dienone is 1. The number of nitrogens with one attached hydrogen (secondary N) is 1. The van der Waals surface area contributed by atoms with Gasteiger partial charge in [0.2, 0.25) is 0 Å². The van der Waals surface area contributed by atoms with Crippen LogP contribution in [0.25, 0.3) is 5.57 Å².